The summed E-state index contributed by atoms with van der Waals surface area (Å²) in [7, 11) is 0. The van der Waals surface area contributed by atoms with Gasteiger partial charge in [-0.15, -0.1) is 0 Å². The minimum absolute atomic E-state index is 0.291. The molecule has 2 heterocycles. The molecule has 3 heteroatoms. The van der Waals surface area contributed by atoms with Gasteiger partial charge in [0.15, 0.2) is 0 Å². The van der Waals surface area contributed by atoms with Crippen LogP contribution < -0.4 is 4.90 Å². The third-order valence-electron chi connectivity index (χ3n) is 8.20. The average Bonchev–Trinajstić information content (AvgIpc) is 3.58. The summed E-state index contributed by atoms with van der Waals surface area (Å²) in [6.45, 7) is 0. The number of nitrogens with zero attached hydrogens (tertiary/aromatic N) is 1. The molecule has 9 aromatic rings. The molecule has 0 aliphatic carbocycles. The van der Waals surface area contributed by atoms with E-state index in [2.05, 4.69) is 144 Å². The first-order valence-electron chi connectivity index (χ1n) is 13.8. The van der Waals surface area contributed by atoms with Gasteiger partial charge in [-0.05, 0) is 0 Å². The molecule has 0 saturated carbocycles. The molecule has 192 valence electrons. The van der Waals surface area contributed by atoms with E-state index in [1.807, 2.05) is 0 Å². The molecule has 0 radical (unpaired) electrons. The molecule has 0 N–H and O–H groups in total. The van der Waals surface area contributed by atoms with Crippen LogP contribution in [0.3, 0.4) is 0 Å². The van der Waals surface area contributed by atoms with Crippen molar-refractivity contribution in [2.45, 2.75) is 0 Å². The van der Waals surface area contributed by atoms with E-state index >= 15 is 0 Å². The SMILES string of the molecule is c1ccc(N(c2ccc3oc4cc5ccccc5cc4c3c2)c2ccc3[se]c4c5ccccc5ccc4c3c2)cc1. The van der Waals surface area contributed by atoms with Gasteiger partial charge in [-0.3, -0.25) is 0 Å². The monoisotopic (exact) mass is 589 g/mol. The fourth-order valence-corrected chi connectivity index (χ4v) is 8.80. The Balaban J connectivity index is 1.27. The quantitative estimate of drug-likeness (QED) is 0.191. The Hall–Kier alpha value is -4.82. The Morgan fingerprint density at radius 2 is 1.10 bits per heavy atom. The van der Waals surface area contributed by atoms with Gasteiger partial charge in [0.05, 0.1) is 0 Å². The topological polar surface area (TPSA) is 16.4 Å². The molecule has 0 saturated heterocycles. The van der Waals surface area contributed by atoms with Crippen LogP contribution >= 0.6 is 0 Å². The van der Waals surface area contributed by atoms with Gasteiger partial charge in [-0.1, -0.05) is 18.2 Å². The number of hydrogen-bond acceptors (Lipinski definition) is 2. The third-order valence-corrected chi connectivity index (χ3v) is 10.8. The van der Waals surface area contributed by atoms with E-state index in [-0.39, 0.29) is 0 Å². The van der Waals surface area contributed by atoms with Crippen molar-refractivity contribution in [3.8, 4) is 0 Å². The first kappa shape index (κ1) is 22.9. The van der Waals surface area contributed by atoms with Gasteiger partial charge in [0.1, 0.15) is 0 Å². The summed E-state index contributed by atoms with van der Waals surface area (Å²) in [5.41, 5.74) is 5.23. The van der Waals surface area contributed by atoms with Crippen LogP contribution in [0.4, 0.5) is 17.1 Å². The van der Waals surface area contributed by atoms with E-state index in [4.69, 9.17) is 4.42 Å². The second-order valence-electron chi connectivity index (χ2n) is 10.6. The molecule has 0 fully saturated rings. The molecule has 7 aromatic carbocycles. The van der Waals surface area contributed by atoms with Gasteiger partial charge in [-0.25, -0.2) is 0 Å². The van der Waals surface area contributed by atoms with Crippen LogP contribution in [0, 0.1) is 0 Å². The van der Waals surface area contributed by atoms with E-state index in [0.29, 0.717) is 14.5 Å². The molecule has 2 nitrogen and oxygen atoms in total. The van der Waals surface area contributed by atoms with Crippen molar-refractivity contribution >= 4 is 94.3 Å². The third kappa shape index (κ3) is 3.57. The van der Waals surface area contributed by atoms with Gasteiger partial charge in [0, 0.05) is 0 Å². The van der Waals surface area contributed by atoms with Crippen molar-refractivity contribution in [3.63, 3.8) is 0 Å². The maximum absolute atomic E-state index is 6.32. The predicted octanol–water partition coefficient (Wildman–Crippen LogP) is 10.7. The normalized spacial score (nSPS) is 11.9. The Morgan fingerprint density at radius 1 is 0.415 bits per heavy atom. The Bertz CT molecular complexity index is 2410. The van der Waals surface area contributed by atoms with Crippen LogP contribution in [0.5, 0.6) is 0 Å². The Morgan fingerprint density at radius 3 is 1.95 bits per heavy atom. The predicted molar refractivity (Wildman–Crippen MR) is 175 cm³/mol. The molecule has 0 bridgehead atoms. The van der Waals surface area contributed by atoms with Gasteiger partial charge >= 0.3 is 225 Å². The van der Waals surface area contributed by atoms with Crippen molar-refractivity contribution in [2.24, 2.45) is 0 Å². The zero-order chi connectivity index (χ0) is 26.9. The summed E-state index contributed by atoms with van der Waals surface area (Å²) in [6, 6.07) is 50.5. The standard InChI is InChI=1S/C38H23NOSe/c1-2-11-27(12-3-1)39(28-15-18-35-33(22-28)32-20-25-9-4-5-10-26(25)21-36(32)40-35)29-16-19-37-34(23-29)31-17-14-24-8-6-7-13-30(24)38(31)41-37/h1-23H. The minimum atomic E-state index is 0.291. The maximum atomic E-state index is 6.32. The number of anilines is 3. The van der Waals surface area contributed by atoms with Crippen LogP contribution in [0.15, 0.2) is 144 Å². The number of hydrogen-bond donors (Lipinski definition) is 0. The first-order valence-corrected chi connectivity index (χ1v) is 15.6. The van der Waals surface area contributed by atoms with E-state index < -0.39 is 0 Å². The molecule has 0 aliphatic rings. The number of furan rings is 1. The average molecular weight is 589 g/mol. The number of para-hydroxylation sites is 1. The molecule has 2 aromatic heterocycles. The summed E-state index contributed by atoms with van der Waals surface area (Å²) >= 11 is 0.291. The number of fused-ring (bicyclic) bond motifs is 9. The van der Waals surface area contributed by atoms with Crippen molar-refractivity contribution in [3.05, 3.63) is 140 Å². The molecule has 0 unspecified atom stereocenters. The molecule has 0 atom stereocenters. The molecule has 41 heavy (non-hydrogen) atoms. The first-order chi connectivity index (χ1) is 20.3. The van der Waals surface area contributed by atoms with Crippen LogP contribution in [0.25, 0.3) is 62.8 Å². The van der Waals surface area contributed by atoms with E-state index in [1.54, 1.807) is 0 Å². The zero-order valence-corrected chi connectivity index (χ0v) is 23.8. The fraction of sp³-hybridized carbons (Fsp3) is 0. The van der Waals surface area contributed by atoms with Gasteiger partial charge in [-0.2, -0.15) is 0 Å². The van der Waals surface area contributed by atoms with Crippen molar-refractivity contribution in [1.29, 1.82) is 0 Å². The summed E-state index contributed by atoms with van der Waals surface area (Å²) < 4.78 is 9.27. The van der Waals surface area contributed by atoms with Crippen LogP contribution in [0.2, 0.25) is 0 Å². The summed E-state index contributed by atoms with van der Waals surface area (Å²) in [6.07, 6.45) is 0. The van der Waals surface area contributed by atoms with Crippen molar-refractivity contribution in [2.75, 3.05) is 4.90 Å². The Labute approximate surface area is 242 Å². The molecule has 0 spiro atoms. The fourth-order valence-electron chi connectivity index (χ4n) is 6.25. The molecular formula is C38H23NOSe. The number of benzene rings is 7. The van der Waals surface area contributed by atoms with Gasteiger partial charge < -0.3 is 0 Å². The van der Waals surface area contributed by atoms with Crippen molar-refractivity contribution in [1.82, 2.24) is 0 Å². The molecule has 0 amide bonds. The van der Waals surface area contributed by atoms with Gasteiger partial charge in [0.2, 0.25) is 0 Å². The van der Waals surface area contributed by atoms with Crippen LogP contribution in [-0.4, -0.2) is 14.5 Å². The van der Waals surface area contributed by atoms with Crippen LogP contribution in [-0.2, 0) is 0 Å². The van der Waals surface area contributed by atoms with E-state index in [1.165, 1.54) is 40.8 Å². The summed E-state index contributed by atoms with van der Waals surface area (Å²) in [5.74, 6) is 0. The molecular weight excluding hydrogens is 565 g/mol. The molecule has 0 aliphatic heterocycles. The summed E-state index contributed by atoms with van der Waals surface area (Å²) in [5, 5.41) is 10.1. The summed E-state index contributed by atoms with van der Waals surface area (Å²) in [4.78, 5) is 2.37. The second-order valence-corrected chi connectivity index (χ2v) is 12.8. The van der Waals surface area contributed by atoms with Gasteiger partial charge in [0.25, 0.3) is 0 Å². The van der Waals surface area contributed by atoms with Crippen molar-refractivity contribution < 1.29 is 4.42 Å². The Kier molecular flexibility index (Phi) is 4.95. The van der Waals surface area contributed by atoms with E-state index in [9.17, 15) is 0 Å². The zero-order valence-electron chi connectivity index (χ0n) is 22.0. The van der Waals surface area contributed by atoms with E-state index in [0.717, 1.165) is 39.0 Å². The number of rotatable bonds is 3. The molecule has 9 rings (SSSR count). The second kappa shape index (κ2) is 8.84. The van der Waals surface area contributed by atoms with Crippen LogP contribution in [0.1, 0.15) is 0 Å².